The second kappa shape index (κ2) is 8.75. The largest absolute Gasteiger partial charge is 0.480 e. The van der Waals surface area contributed by atoms with Gasteiger partial charge in [-0.15, -0.1) is 0 Å². The molecule has 0 unspecified atom stereocenters. The first kappa shape index (κ1) is 20.4. The minimum atomic E-state index is -0.828. The number of aliphatic hydroxyl groups is 1. The van der Waals surface area contributed by atoms with Gasteiger partial charge < -0.3 is 20.1 Å². The Labute approximate surface area is 169 Å². The number of amides is 1. The number of rotatable bonds is 6. The highest BCUT2D eigenvalue weighted by atomic mass is 35.5. The number of methoxy groups -OCH3 is 1. The number of carbonyl (C=O) groups is 1. The molecule has 1 amide bonds. The molecule has 0 aliphatic heterocycles. The average Bonchev–Trinajstić information content (AvgIpc) is 2.72. The monoisotopic (exact) mass is 404 g/mol. The predicted octanol–water partition coefficient (Wildman–Crippen LogP) is 3.33. The van der Waals surface area contributed by atoms with Gasteiger partial charge >= 0.3 is 0 Å². The highest BCUT2D eigenvalue weighted by molar-refractivity contribution is 6.34. The van der Waals surface area contributed by atoms with E-state index in [0.717, 1.165) is 24.9 Å². The molecule has 1 aliphatic carbocycles. The van der Waals surface area contributed by atoms with Crippen molar-refractivity contribution in [3.8, 4) is 5.88 Å². The standard InChI is InChI=1S/C20H25ClN4O3/c1-25(17-11-22-12-18(24-17)28-2)14-6-7-16(21)15(10-14)19(26)23-13-20(27)8-4-3-5-9-20/h6-7,10-12,27H,3-5,8-9,13H2,1-2H3,(H,23,26). The van der Waals surface area contributed by atoms with Gasteiger partial charge in [-0.25, -0.2) is 0 Å². The number of nitrogens with one attached hydrogen (secondary N) is 1. The fourth-order valence-electron chi connectivity index (χ4n) is 3.35. The predicted molar refractivity (Wildman–Crippen MR) is 108 cm³/mol. The zero-order chi connectivity index (χ0) is 20.1. The Morgan fingerprint density at radius 1 is 1.32 bits per heavy atom. The zero-order valence-corrected chi connectivity index (χ0v) is 16.9. The summed E-state index contributed by atoms with van der Waals surface area (Å²) >= 11 is 6.26. The van der Waals surface area contributed by atoms with Crippen LogP contribution in [0.25, 0.3) is 0 Å². The van der Waals surface area contributed by atoms with Gasteiger partial charge in [0.15, 0.2) is 5.82 Å². The molecule has 1 aliphatic rings. The molecular weight excluding hydrogens is 380 g/mol. The van der Waals surface area contributed by atoms with Crippen molar-refractivity contribution in [1.82, 2.24) is 15.3 Å². The maximum absolute atomic E-state index is 12.7. The Bertz CT molecular complexity index is 840. The van der Waals surface area contributed by atoms with E-state index in [0.29, 0.717) is 35.1 Å². The van der Waals surface area contributed by atoms with Crippen LogP contribution in [0.4, 0.5) is 11.5 Å². The van der Waals surface area contributed by atoms with Crippen LogP contribution in [-0.4, -0.2) is 47.3 Å². The number of ether oxygens (including phenoxy) is 1. The topological polar surface area (TPSA) is 87.6 Å². The van der Waals surface area contributed by atoms with Crippen LogP contribution in [0.1, 0.15) is 42.5 Å². The molecule has 0 atom stereocenters. The first-order chi connectivity index (χ1) is 13.4. The van der Waals surface area contributed by atoms with Gasteiger partial charge in [0, 0.05) is 19.3 Å². The van der Waals surface area contributed by atoms with Gasteiger partial charge in [-0.3, -0.25) is 9.78 Å². The number of aromatic nitrogens is 2. The van der Waals surface area contributed by atoms with Gasteiger partial charge in [0.1, 0.15) is 0 Å². The Morgan fingerprint density at radius 3 is 2.79 bits per heavy atom. The third-order valence-corrected chi connectivity index (χ3v) is 5.43. The Balaban J connectivity index is 1.75. The van der Waals surface area contributed by atoms with Crippen LogP contribution in [0.15, 0.2) is 30.6 Å². The van der Waals surface area contributed by atoms with Crippen LogP contribution < -0.4 is 15.0 Å². The lowest BCUT2D eigenvalue weighted by Crippen LogP contribution is -2.44. The number of hydrogen-bond donors (Lipinski definition) is 2. The van der Waals surface area contributed by atoms with E-state index in [-0.39, 0.29) is 12.5 Å². The zero-order valence-electron chi connectivity index (χ0n) is 16.1. The fraction of sp³-hybridized carbons (Fsp3) is 0.450. The van der Waals surface area contributed by atoms with Crippen LogP contribution in [-0.2, 0) is 0 Å². The number of nitrogens with zero attached hydrogens (tertiary/aromatic N) is 3. The molecule has 1 heterocycles. The molecule has 0 spiro atoms. The highest BCUT2D eigenvalue weighted by Gasteiger charge is 2.29. The Hall–Kier alpha value is -2.38. The summed E-state index contributed by atoms with van der Waals surface area (Å²) in [5.41, 5.74) is 0.250. The van der Waals surface area contributed by atoms with Gasteiger partial charge in [0.05, 0.1) is 35.7 Å². The molecule has 2 aromatic rings. The van der Waals surface area contributed by atoms with Gasteiger partial charge in [-0.2, -0.15) is 4.98 Å². The van der Waals surface area contributed by atoms with Crippen LogP contribution in [0.2, 0.25) is 5.02 Å². The maximum Gasteiger partial charge on any atom is 0.252 e. The SMILES string of the molecule is COc1cncc(N(C)c2ccc(Cl)c(C(=O)NCC3(O)CCCCC3)c2)n1. The van der Waals surface area contributed by atoms with Crippen molar-refractivity contribution < 1.29 is 14.6 Å². The van der Waals surface area contributed by atoms with Crippen LogP contribution in [0.5, 0.6) is 5.88 Å². The molecule has 8 heteroatoms. The molecule has 0 saturated heterocycles. The summed E-state index contributed by atoms with van der Waals surface area (Å²) in [5.74, 6) is 0.664. The fourth-order valence-corrected chi connectivity index (χ4v) is 3.56. The lowest BCUT2D eigenvalue weighted by Gasteiger charge is -2.32. The second-order valence-corrected chi connectivity index (χ2v) is 7.52. The van der Waals surface area contributed by atoms with Crippen molar-refractivity contribution in [1.29, 1.82) is 0 Å². The van der Waals surface area contributed by atoms with E-state index < -0.39 is 5.60 Å². The second-order valence-electron chi connectivity index (χ2n) is 7.11. The van der Waals surface area contributed by atoms with Crippen LogP contribution >= 0.6 is 11.6 Å². The van der Waals surface area contributed by atoms with Crippen molar-refractivity contribution in [2.75, 3.05) is 25.6 Å². The van der Waals surface area contributed by atoms with E-state index in [2.05, 4.69) is 15.3 Å². The molecule has 28 heavy (non-hydrogen) atoms. The minimum absolute atomic E-state index is 0.226. The number of carbonyl (C=O) groups excluding carboxylic acids is 1. The van der Waals surface area contributed by atoms with Crippen LogP contribution in [0, 0.1) is 0 Å². The number of benzene rings is 1. The molecule has 7 nitrogen and oxygen atoms in total. The normalized spacial score (nSPS) is 15.7. The molecule has 3 rings (SSSR count). The molecule has 0 bridgehead atoms. The molecule has 1 aromatic heterocycles. The Kier molecular flexibility index (Phi) is 6.36. The van der Waals surface area contributed by atoms with E-state index in [1.165, 1.54) is 13.3 Å². The molecule has 1 fully saturated rings. The summed E-state index contributed by atoms with van der Waals surface area (Å²) in [6, 6.07) is 5.17. The Morgan fingerprint density at radius 2 is 2.07 bits per heavy atom. The molecular formula is C20H25ClN4O3. The van der Waals surface area contributed by atoms with E-state index >= 15 is 0 Å². The quantitative estimate of drug-likeness (QED) is 0.767. The van der Waals surface area contributed by atoms with Gasteiger partial charge in [0.2, 0.25) is 5.88 Å². The van der Waals surface area contributed by atoms with Crippen molar-refractivity contribution >= 4 is 29.0 Å². The number of halogens is 1. The number of hydrogen-bond acceptors (Lipinski definition) is 6. The third-order valence-electron chi connectivity index (χ3n) is 5.10. The van der Waals surface area contributed by atoms with Crippen molar-refractivity contribution in [3.05, 3.63) is 41.2 Å². The van der Waals surface area contributed by atoms with Gasteiger partial charge in [-0.05, 0) is 31.0 Å². The van der Waals surface area contributed by atoms with E-state index in [4.69, 9.17) is 16.3 Å². The summed E-state index contributed by atoms with van der Waals surface area (Å²) < 4.78 is 5.11. The lowest BCUT2D eigenvalue weighted by atomic mass is 9.85. The van der Waals surface area contributed by atoms with Crippen LogP contribution in [0.3, 0.4) is 0 Å². The summed E-state index contributed by atoms with van der Waals surface area (Å²) in [6.45, 7) is 0.226. The van der Waals surface area contributed by atoms with Gasteiger partial charge in [0.25, 0.3) is 5.91 Å². The van der Waals surface area contributed by atoms with E-state index in [1.807, 2.05) is 7.05 Å². The smallest absolute Gasteiger partial charge is 0.252 e. The minimum Gasteiger partial charge on any atom is -0.480 e. The molecule has 1 saturated carbocycles. The first-order valence-corrected chi connectivity index (χ1v) is 9.69. The van der Waals surface area contributed by atoms with Crippen molar-refractivity contribution in [2.45, 2.75) is 37.7 Å². The van der Waals surface area contributed by atoms with E-state index in [1.54, 1.807) is 29.3 Å². The van der Waals surface area contributed by atoms with E-state index in [9.17, 15) is 9.90 Å². The summed E-state index contributed by atoms with van der Waals surface area (Å²) in [6.07, 6.45) is 7.63. The summed E-state index contributed by atoms with van der Waals surface area (Å²) in [7, 11) is 3.35. The third kappa shape index (κ3) is 4.72. The molecule has 150 valence electrons. The van der Waals surface area contributed by atoms with Gasteiger partial charge in [-0.1, -0.05) is 30.9 Å². The lowest BCUT2D eigenvalue weighted by molar-refractivity contribution is 0.00526. The van der Waals surface area contributed by atoms with Crippen molar-refractivity contribution in [2.24, 2.45) is 0 Å². The molecule has 1 aromatic carbocycles. The molecule has 0 radical (unpaired) electrons. The highest BCUT2D eigenvalue weighted by Crippen LogP contribution is 2.29. The number of anilines is 2. The maximum atomic E-state index is 12.7. The first-order valence-electron chi connectivity index (χ1n) is 9.32. The summed E-state index contributed by atoms with van der Waals surface area (Å²) in [4.78, 5) is 22.9. The summed E-state index contributed by atoms with van der Waals surface area (Å²) in [5, 5.41) is 13.8. The van der Waals surface area contributed by atoms with Crippen molar-refractivity contribution in [3.63, 3.8) is 0 Å². The average molecular weight is 405 g/mol. The molecule has 2 N–H and O–H groups in total.